The Hall–Kier alpha value is -2.53. The highest BCUT2D eigenvalue weighted by atomic mass is 35.5. The Balaban J connectivity index is 1.96. The van der Waals surface area contributed by atoms with Gasteiger partial charge in [-0.15, -0.1) is 0 Å². The van der Waals surface area contributed by atoms with Gasteiger partial charge in [-0.3, -0.25) is 9.59 Å². The summed E-state index contributed by atoms with van der Waals surface area (Å²) < 4.78 is 5.59. The molecule has 0 aliphatic heterocycles. The van der Waals surface area contributed by atoms with Crippen molar-refractivity contribution < 1.29 is 14.3 Å². The molecule has 0 aromatic heterocycles. The molecule has 0 unspecified atom stereocenters. The fourth-order valence-corrected chi connectivity index (χ4v) is 2.53. The third-order valence-corrected chi connectivity index (χ3v) is 4.20. The van der Waals surface area contributed by atoms with E-state index in [1.54, 1.807) is 60.4 Å². The van der Waals surface area contributed by atoms with Gasteiger partial charge in [-0.05, 0) is 69.3 Å². The third kappa shape index (κ3) is 5.23. The average Bonchev–Trinajstić information content (AvgIpc) is 2.65. The number of nitrogens with one attached hydrogen (secondary N) is 1. The first kappa shape index (κ1) is 19.8. The average molecular weight is 375 g/mol. The lowest BCUT2D eigenvalue weighted by molar-refractivity contribution is -0.122. The van der Waals surface area contributed by atoms with E-state index in [1.165, 1.54) is 0 Å². The highest BCUT2D eigenvalue weighted by molar-refractivity contribution is 6.30. The van der Waals surface area contributed by atoms with Crippen molar-refractivity contribution in [1.82, 2.24) is 4.90 Å². The van der Waals surface area contributed by atoms with Crippen molar-refractivity contribution >= 4 is 29.1 Å². The Morgan fingerprint density at radius 2 is 1.62 bits per heavy atom. The third-order valence-electron chi connectivity index (χ3n) is 3.95. The summed E-state index contributed by atoms with van der Waals surface area (Å²) in [5, 5.41) is 3.39. The van der Waals surface area contributed by atoms with E-state index in [0.29, 0.717) is 35.1 Å². The number of carbonyl (C=O) groups is 2. The summed E-state index contributed by atoms with van der Waals surface area (Å²) in [7, 11) is 0. The van der Waals surface area contributed by atoms with Crippen LogP contribution >= 0.6 is 11.6 Å². The molecule has 2 aromatic carbocycles. The Morgan fingerprint density at radius 1 is 1.04 bits per heavy atom. The predicted octanol–water partition coefficient (Wildman–Crippen LogP) is 4.23. The second-order valence-electron chi connectivity index (χ2n) is 5.76. The van der Waals surface area contributed by atoms with Gasteiger partial charge in [-0.25, -0.2) is 0 Å². The maximum absolute atomic E-state index is 12.3. The lowest BCUT2D eigenvalue weighted by Gasteiger charge is -2.19. The zero-order chi connectivity index (χ0) is 19.1. The van der Waals surface area contributed by atoms with Crippen molar-refractivity contribution in [2.75, 3.05) is 18.4 Å². The van der Waals surface area contributed by atoms with Gasteiger partial charge in [0.2, 0.25) is 0 Å². The summed E-state index contributed by atoms with van der Waals surface area (Å²) >= 11 is 5.83. The van der Waals surface area contributed by atoms with Crippen LogP contribution in [0.15, 0.2) is 48.5 Å². The number of benzene rings is 2. The summed E-state index contributed by atoms with van der Waals surface area (Å²) in [6.45, 7) is 6.87. The minimum absolute atomic E-state index is 0.0210. The Morgan fingerprint density at radius 3 is 2.15 bits per heavy atom. The molecule has 1 N–H and O–H groups in total. The number of ether oxygens (including phenoxy) is 1. The first-order valence-electron chi connectivity index (χ1n) is 8.57. The number of hydrogen-bond donors (Lipinski definition) is 1. The summed E-state index contributed by atoms with van der Waals surface area (Å²) in [5.74, 6) is 0.271. The zero-order valence-corrected chi connectivity index (χ0v) is 15.9. The first-order chi connectivity index (χ1) is 12.4. The topological polar surface area (TPSA) is 58.6 Å². The van der Waals surface area contributed by atoms with E-state index < -0.39 is 6.10 Å². The largest absolute Gasteiger partial charge is 0.481 e. The molecule has 26 heavy (non-hydrogen) atoms. The van der Waals surface area contributed by atoms with Crippen LogP contribution in [-0.4, -0.2) is 35.9 Å². The van der Waals surface area contributed by atoms with Gasteiger partial charge in [0.25, 0.3) is 11.8 Å². The summed E-state index contributed by atoms with van der Waals surface area (Å²) in [5.41, 5.74) is 1.20. The smallest absolute Gasteiger partial charge is 0.265 e. The lowest BCUT2D eigenvalue weighted by atomic mass is 10.1. The van der Waals surface area contributed by atoms with Gasteiger partial charge >= 0.3 is 0 Å². The van der Waals surface area contributed by atoms with Gasteiger partial charge in [-0.1, -0.05) is 11.6 Å². The van der Waals surface area contributed by atoms with Crippen LogP contribution in [-0.2, 0) is 4.79 Å². The number of hydrogen-bond acceptors (Lipinski definition) is 3. The van der Waals surface area contributed by atoms with Crippen LogP contribution in [0.4, 0.5) is 5.69 Å². The Kier molecular flexibility index (Phi) is 7.04. The van der Waals surface area contributed by atoms with Crippen LogP contribution in [0, 0.1) is 0 Å². The molecule has 0 aliphatic rings. The van der Waals surface area contributed by atoms with E-state index in [9.17, 15) is 9.59 Å². The van der Waals surface area contributed by atoms with Crippen molar-refractivity contribution in [3.63, 3.8) is 0 Å². The summed E-state index contributed by atoms with van der Waals surface area (Å²) in [6, 6.07) is 13.7. The molecule has 1 atom stereocenters. The maximum atomic E-state index is 12.3. The molecule has 0 fully saturated rings. The molecule has 0 saturated carbocycles. The number of amides is 2. The molecule has 6 heteroatoms. The second-order valence-corrected chi connectivity index (χ2v) is 6.19. The Bertz CT molecular complexity index is 741. The number of halogens is 1. The number of rotatable bonds is 7. The molecule has 5 nitrogen and oxygen atoms in total. The van der Waals surface area contributed by atoms with Gasteiger partial charge in [0, 0.05) is 29.4 Å². The highest BCUT2D eigenvalue weighted by Crippen LogP contribution is 2.18. The van der Waals surface area contributed by atoms with Crippen molar-refractivity contribution in [2.24, 2.45) is 0 Å². The van der Waals surface area contributed by atoms with E-state index in [2.05, 4.69) is 5.32 Å². The van der Waals surface area contributed by atoms with Gasteiger partial charge in [-0.2, -0.15) is 0 Å². The van der Waals surface area contributed by atoms with Gasteiger partial charge < -0.3 is 15.0 Å². The Labute approximate surface area is 158 Å². The summed E-state index contributed by atoms with van der Waals surface area (Å²) in [4.78, 5) is 26.3. The minimum atomic E-state index is -0.673. The quantitative estimate of drug-likeness (QED) is 0.789. The van der Waals surface area contributed by atoms with Gasteiger partial charge in [0.05, 0.1) is 0 Å². The van der Waals surface area contributed by atoms with Crippen molar-refractivity contribution in [3.8, 4) is 5.75 Å². The van der Waals surface area contributed by atoms with E-state index in [-0.39, 0.29) is 11.8 Å². The molecule has 0 bridgehead atoms. The number of carbonyl (C=O) groups excluding carboxylic acids is 2. The van der Waals surface area contributed by atoms with Crippen LogP contribution in [0.1, 0.15) is 31.1 Å². The molecule has 0 saturated heterocycles. The maximum Gasteiger partial charge on any atom is 0.265 e. The fourth-order valence-electron chi connectivity index (χ4n) is 2.40. The molecule has 0 aliphatic carbocycles. The molecule has 2 rings (SSSR count). The number of anilines is 1. The molecule has 0 radical (unpaired) electrons. The summed E-state index contributed by atoms with van der Waals surface area (Å²) in [6.07, 6.45) is -0.673. The predicted molar refractivity (Wildman–Crippen MR) is 104 cm³/mol. The standard InChI is InChI=1S/C20H23ClN2O3/c1-4-23(5-2)20(25)15-6-10-17(11-7-15)22-19(24)14(3)26-18-12-8-16(21)9-13-18/h6-14H,4-5H2,1-3H3,(H,22,24)/t14-/m0/s1. The molecular weight excluding hydrogens is 352 g/mol. The highest BCUT2D eigenvalue weighted by Gasteiger charge is 2.16. The molecule has 138 valence electrons. The molecule has 2 aromatic rings. The van der Waals surface area contributed by atoms with E-state index >= 15 is 0 Å². The van der Waals surface area contributed by atoms with Crippen LogP contribution in [0.5, 0.6) is 5.75 Å². The first-order valence-corrected chi connectivity index (χ1v) is 8.94. The van der Waals surface area contributed by atoms with E-state index in [4.69, 9.17) is 16.3 Å². The van der Waals surface area contributed by atoms with Crippen molar-refractivity contribution in [3.05, 3.63) is 59.1 Å². The van der Waals surface area contributed by atoms with Gasteiger partial charge in [0.1, 0.15) is 5.75 Å². The normalized spacial score (nSPS) is 11.5. The van der Waals surface area contributed by atoms with Crippen LogP contribution < -0.4 is 10.1 Å². The monoisotopic (exact) mass is 374 g/mol. The fraction of sp³-hybridized carbons (Fsp3) is 0.300. The van der Waals surface area contributed by atoms with Crippen LogP contribution in [0.2, 0.25) is 5.02 Å². The lowest BCUT2D eigenvalue weighted by Crippen LogP contribution is -2.31. The van der Waals surface area contributed by atoms with Crippen LogP contribution in [0.25, 0.3) is 0 Å². The number of nitrogens with zero attached hydrogens (tertiary/aromatic N) is 1. The molecule has 0 spiro atoms. The molecular formula is C20H23ClN2O3. The van der Waals surface area contributed by atoms with Gasteiger partial charge in [0.15, 0.2) is 6.10 Å². The SMILES string of the molecule is CCN(CC)C(=O)c1ccc(NC(=O)[C@H](C)Oc2ccc(Cl)cc2)cc1. The van der Waals surface area contributed by atoms with E-state index in [0.717, 1.165) is 0 Å². The molecule has 0 heterocycles. The molecule has 2 amide bonds. The van der Waals surface area contributed by atoms with Crippen molar-refractivity contribution in [2.45, 2.75) is 26.9 Å². The van der Waals surface area contributed by atoms with E-state index in [1.807, 2.05) is 13.8 Å². The zero-order valence-electron chi connectivity index (χ0n) is 15.2. The second kappa shape index (κ2) is 9.25. The minimum Gasteiger partial charge on any atom is -0.481 e. The van der Waals surface area contributed by atoms with Crippen molar-refractivity contribution in [1.29, 1.82) is 0 Å². The van der Waals surface area contributed by atoms with Crippen LogP contribution in [0.3, 0.4) is 0 Å².